The number of halogens is 3. The zero-order chi connectivity index (χ0) is 26.1. The second kappa shape index (κ2) is 9.76. The number of carbonyl (C=O) groups excluding carboxylic acids is 2. The van der Waals surface area contributed by atoms with Gasteiger partial charge < -0.3 is 19.3 Å². The third-order valence-corrected chi connectivity index (χ3v) is 6.56. The average molecular weight is 515 g/mol. The second-order valence-corrected chi connectivity index (χ2v) is 10.3. The molecule has 0 spiro atoms. The summed E-state index contributed by atoms with van der Waals surface area (Å²) in [5, 5.41) is 0. The lowest BCUT2D eigenvalue weighted by atomic mass is 10.1. The molecule has 0 N–H and O–H groups in total. The van der Waals surface area contributed by atoms with E-state index in [1.807, 2.05) is 0 Å². The summed E-state index contributed by atoms with van der Waals surface area (Å²) in [5.41, 5.74) is 0.785. The summed E-state index contributed by atoms with van der Waals surface area (Å²) >= 11 is 0. The maximum Gasteiger partial charge on any atom is 0.425 e. The summed E-state index contributed by atoms with van der Waals surface area (Å²) in [5.74, 6) is -0.962. The van der Waals surface area contributed by atoms with Gasteiger partial charge in [-0.3, -0.25) is 9.59 Å². The lowest BCUT2D eigenvalue weighted by molar-refractivity contribution is -0.189. The third-order valence-electron chi connectivity index (χ3n) is 5.45. The minimum absolute atomic E-state index is 0.174. The van der Waals surface area contributed by atoms with E-state index in [1.54, 1.807) is 32.3 Å². The summed E-state index contributed by atoms with van der Waals surface area (Å²) in [6.45, 7) is 0.761. The Hall–Kier alpha value is -3.28. The molecule has 0 aromatic heterocycles. The van der Waals surface area contributed by atoms with Crippen LogP contribution < -0.4 is 14.4 Å². The fourth-order valence-corrected chi connectivity index (χ4v) is 4.08. The number of fused-ring (bicyclic) bond motifs is 1. The van der Waals surface area contributed by atoms with Gasteiger partial charge in [-0.05, 0) is 43.7 Å². The fraction of sp³-hybridized carbons (Fsp3) is 0.391. The summed E-state index contributed by atoms with van der Waals surface area (Å²) in [7, 11) is -0.573. The van der Waals surface area contributed by atoms with E-state index in [4.69, 9.17) is 9.47 Å². The number of hydrogen-bond donors (Lipinski definition) is 0. The Labute approximate surface area is 201 Å². The predicted molar refractivity (Wildman–Crippen MR) is 122 cm³/mol. The van der Waals surface area contributed by atoms with Gasteiger partial charge in [0.2, 0.25) is 0 Å². The molecule has 3 rings (SSSR count). The number of anilines is 1. The zero-order valence-electron chi connectivity index (χ0n) is 19.5. The molecule has 1 heterocycles. The molecule has 35 heavy (non-hydrogen) atoms. The number of likely N-dealkylation sites (N-methyl/N-ethyl adjacent to an activating group) is 1. The molecule has 8 nitrogen and oxygen atoms in total. The molecule has 2 aromatic carbocycles. The zero-order valence-corrected chi connectivity index (χ0v) is 20.4. The lowest BCUT2D eigenvalue weighted by Gasteiger charge is -2.23. The van der Waals surface area contributed by atoms with Crippen LogP contribution in [0.5, 0.6) is 11.5 Å². The van der Waals surface area contributed by atoms with Crippen LogP contribution in [0.15, 0.2) is 41.3 Å². The topological polar surface area (TPSA) is 93.2 Å². The molecule has 190 valence electrons. The van der Waals surface area contributed by atoms with Crippen molar-refractivity contribution in [2.24, 2.45) is 0 Å². The van der Waals surface area contributed by atoms with Crippen molar-refractivity contribution in [3.05, 3.63) is 47.5 Å². The molecule has 0 fully saturated rings. The quantitative estimate of drug-likeness (QED) is 0.564. The fourth-order valence-electron chi connectivity index (χ4n) is 3.43. The minimum Gasteiger partial charge on any atom is -0.483 e. The largest absolute Gasteiger partial charge is 0.483 e. The maximum absolute atomic E-state index is 13.5. The Balaban J connectivity index is 1.98. The van der Waals surface area contributed by atoms with Gasteiger partial charge in [0.15, 0.2) is 22.5 Å². The van der Waals surface area contributed by atoms with Crippen LogP contribution in [-0.2, 0) is 21.1 Å². The molecule has 0 unspecified atom stereocenters. The highest BCUT2D eigenvalue weighted by molar-refractivity contribution is 7.90. The van der Waals surface area contributed by atoms with Crippen molar-refractivity contribution in [3.8, 4) is 11.5 Å². The normalized spacial score (nSPS) is 14.3. The van der Waals surface area contributed by atoms with E-state index in [0.29, 0.717) is 23.4 Å². The van der Waals surface area contributed by atoms with Gasteiger partial charge in [-0.1, -0.05) is 6.07 Å². The first-order chi connectivity index (χ1) is 16.2. The van der Waals surface area contributed by atoms with Crippen molar-refractivity contribution < 1.29 is 40.7 Å². The van der Waals surface area contributed by atoms with E-state index < -0.39 is 28.0 Å². The van der Waals surface area contributed by atoms with Gasteiger partial charge in [-0.25, -0.2) is 8.42 Å². The predicted octanol–water partition coefficient (Wildman–Crippen LogP) is 3.09. The maximum atomic E-state index is 13.5. The number of nitrogens with zero attached hydrogens (tertiary/aromatic N) is 2. The van der Waals surface area contributed by atoms with E-state index in [2.05, 4.69) is 0 Å². The van der Waals surface area contributed by atoms with Crippen molar-refractivity contribution in [1.82, 2.24) is 4.90 Å². The van der Waals surface area contributed by atoms with Gasteiger partial charge in [-0.2, -0.15) is 13.2 Å². The molecule has 1 atom stereocenters. The number of rotatable bonds is 7. The van der Waals surface area contributed by atoms with Gasteiger partial charge in [0.05, 0.1) is 16.1 Å². The van der Waals surface area contributed by atoms with Crippen LogP contribution in [0.2, 0.25) is 0 Å². The number of hydrogen-bond acceptors (Lipinski definition) is 6. The molecule has 0 aliphatic carbocycles. The van der Waals surface area contributed by atoms with Crippen LogP contribution >= 0.6 is 0 Å². The summed E-state index contributed by atoms with van der Waals surface area (Å²) in [4.78, 5) is 27.8. The van der Waals surface area contributed by atoms with Gasteiger partial charge >= 0.3 is 6.18 Å². The molecule has 0 radical (unpaired) electrons. The Kier molecular flexibility index (Phi) is 7.34. The molecule has 1 aliphatic rings. The second-order valence-electron chi connectivity index (χ2n) is 8.27. The first-order valence-corrected chi connectivity index (χ1v) is 12.4. The Morgan fingerprint density at radius 3 is 2.43 bits per heavy atom. The number of ether oxygens (including phenoxy) is 2. The van der Waals surface area contributed by atoms with E-state index in [0.717, 1.165) is 31.4 Å². The van der Waals surface area contributed by atoms with Crippen LogP contribution in [0.3, 0.4) is 0 Å². The van der Waals surface area contributed by atoms with Crippen LogP contribution in [0.25, 0.3) is 0 Å². The van der Waals surface area contributed by atoms with E-state index in [-0.39, 0.29) is 35.3 Å². The lowest BCUT2D eigenvalue weighted by Crippen LogP contribution is -2.33. The molecular weight excluding hydrogens is 489 g/mol. The molecule has 2 aromatic rings. The minimum atomic E-state index is -4.69. The van der Waals surface area contributed by atoms with Crippen LogP contribution in [0.4, 0.5) is 18.9 Å². The first-order valence-electron chi connectivity index (χ1n) is 10.5. The van der Waals surface area contributed by atoms with Gasteiger partial charge in [-0.15, -0.1) is 0 Å². The van der Waals surface area contributed by atoms with Crippen molar-refractivity contribution in [1.29, 1.82) is 0 Å². The SMILES string of the molecule is C[C@H](Oc1ccc(S(C)(=O)=O)cc1C(=O)N1CCc2c(OCC(=O)N(C)C)cccc21)C(F)(F)F. The van der Waals surface area contributed by atoms with Crippen molar-refractivity contribution in [2.75, 3.05) is 38.4 Å². The highest BCUT2D eigenvalue weighted by atomic mass is 32.2. The van der Waals surface area contributed by atoms with Gasteiger partial charge in [0, 0.05) is 32.5 Å². The summed E-state index contributed by atoms with van der Waals surface area (Å²) in [6, 6.07) is 8.07. The number of benzene rings is 2. The Morgan fingerprint density at radius 2 is 1.83 bits per heavy atom. The van der Waals surface area contributed by atoms with E-state index in [9.17, 15) is 31.2 Å². The third kappa shape index (κ3) is 5.87. The van der Waals surface area contributed by atoms with Crippen molar-refractivity contribution in [3.63, 3.8) is 0 Å². The van der Waals surface area contributed by atoms with Gasteiger partial charge in [0.1, 0.15) is 11.5 Å². The Morgan fingerprint density at radius 1 is 1.14 bits per heavy atom. The smallest absolute Gasteiger partial charge is 0.425 e. The van der Waals surface area contributed by atoms with Crippen LogP contribution in [0.1, 0.15) is 22.8 Å². The highest BCUT2D eigenvalue weighted by Gasteiger charge is 2.39. The monoisotopic (exact) mass is 514 g/mol. The van der Waals surface area contributed by atoms with E-state index >= 15 is 0 Å². The average Bonchev–Trinajstić information content (AvgIpc) is 3.20. The highest BCUT2D eigenvalue weighted by Crippen LogP contribution is 2.38. The summed E-state index contributed by atoms with van der Waals surface area (Å²) in [6.07, 6.45) is -5.61. The molecule has 0 saturated heterocycles. The molecule has 2 amide bonds. The summed E-state index contributed by atoms with van der Waals surface area (Å²) < 4.78 is 74.0. The molecule has 0 bridgehead atoms. The molecule has 12 heteroatoms. The number of carbonyl (C=O) groups is 2. The number of amides is 2. The van der Waals surface area contributed by atoms with Crippen molar-refractivity contribution >= 4 is 27.3 Å². The van der Waals surface area contributed by atoms with E-state index in [1.165, 1.54) is 9.80 Å². The Bertz CT molecular complexity index is 1240. The van der Waals surface area contributed by atoms with Crippen molar-refractivity contribution in [2.45, 2.75) is 30.5 Å². The molecule has 0 saturated carbocycles. The van der Waals surface area contributed by atoms with Crippen LogP contribution in [0, 0.1) is 0 Å². The van der Waals surface area contributed by atoms with Gasteiger partial charge in [0.25, 0.3) is 11.8 Å². The molecular formula is C23H25F3N2O6S. The van der Waals surface area contributed by atoms with Crippen LogP contribution in [-0.4, -0.2) is 70.9 Å². The first kappa shape index (κ1) is 26.3. The standard InChI is InChI=1S/C23H25F3N2O6S/c1-14(23(24,25)26)34-20-9-8-15(35(4,31)32)12-17(20)22(30)28-11-10-16-18(28)6-5-7-19(16)33-13-21(29)27(2)3/h5-9,12,14H,10-11,13H2,1-4H3/t14-/m0/s1. The molecule has 1 aliphatic heterocycles. The number of sulfone groups is 1. The number of alkyl halides is 3.